The van der Waals surface area contributed by atoms with Crippen LogP contribution in [-0.4, -0.2) is 53.8 Å². The van der Waals surface area contributed by atoms with Crippen LogP contribution in [0.4, 0.5) is 4.39 Å². The maximum atomic E-state index is 13.9. The second-order valence-corrected chi connectivity index (χ2v) is 7.37. The highest BCUT2D eigenvalue weighted by atomic mass is 19.1. The molecule has 0 spiro atoms. The summed E-state index contributed by atoms with van der Waals surface area (Å²) in [5, 5.41) is 0. The highest BCUT2D eigenvalue weighted by molar-refractivity contribution is 6.22. The summed E-state index contributed by atoms with van der Waals surface area (Å²) in [5.41, 5.74) is 1.20. The molecule has 1 unspecified atom stereocenters. The Balaban J connectivity index is 1.52. The number of carbonyl (C=O) groups is 3. The van der Waals surface area contributed by atoms with Gasteiger partial charge >= 0.3 is 0 Å². The number of hydrogen-bond donors (Lipinski definition) is 0. The molecule has 6 nitrogen and oxygen atoms in total. The first-order valence-corrected chi connectivity index (χ1v) is 9.56. The second kappa shape index (κ2) is 7.75. The van der Waals surface area contributed by atoms with Crippen LogP contribution in [0.1, 0.15) is 49.5 Å². The van der Waals surface area contributed by atoms with Crippen LogP contribution in [0.2, 0.25) is 0 Å². The lowest BCUT2D eigenvalue weighted by Gasteiger charge is -2.18. The normalized spacial score (nSPS) is 18.3. The fourth-order valence-corrected chi connectivity index (χ4v) is 3.76. The van der Waals surface area contributed by atoms with Crippen molar-refractivity contribution in [1.29, 1.82) is 0 Å². The Kier molecular flexibility index (Phi) is 5.15. The van der Waals surface area contributed by atoms with Crippen molar-refractivity contribution in [3.63, 3.8) is 0 Å². The van der Waals surface area contributed by atoms with Gasteiger partial charge in [-0.1, -0.05) is 18.2 Å². The lowest BCUT2D eigenvalue weighted by molar-refractivity contribution is 0.0475. The van der Waals surface area contributed by atoms with E-state index in [4.69, 9.17) is 4.74 Å². The van der Waals surface area contributed by atoms with Gasteiger partial charge in [-0.2, -0.15) is 0 Å². The molecule has 4 rings (SSSR count). The summed E-state index contributed by atoms with van der Waals surface area (Å²) in [7, 11) is 1.57. The summed E-state index contributed by atoms with van der Waals surface area (Å²) in [6.45, 7) is 0.963. The molecule has 2 aromatic rings. The van der Waals surface area contributed by atoms with Gasteiger partial charge in [-0.25, -0.2) is 4.39 Å². The van der Waals surface area contributed by atoms with E-state index >= 15 is 0 Å². The predicted octanol–water partition coefficient (Wildman–Crippen LogP) is 2.87. The Bertz CT molecular complexity index is 985. The number of ether oxygens (including phenoxy) is 1. The van der Waals surface area contributed by atoms with Crippen molar-refractivity contribution in [3.05, 3.63) is 70.5 Å². The number of nitrogens with zero attached hydrogens (tertiary/aromatic N) is 2. The molecule has 1 saturated heterocycles. The van der Waals surface area contributed by atoms with Crippen molar-refractivity contribution in [2.24, 2.45) is 0 Å². The molecule has 2 heterocycles. The van der Waals surface area contributed by atoms with Crippen LogP contribution in [0.3, 0.4) is 0 Å². The van der Waals surface area contributed by atoms with E-state index in [0.717, 1.165) is 12.8 Å². The average Bonchev–Trinajstić information content (AvgIpc) is 3.32. The minimum absolute atomic E-state index is 0.0978. The minimum Gasteiger partial charge on any atom is -0.376 e. The number of halogens is 1. The number of hydrogen-bond acceptors (Lipinski definition) is 4. The van der Waals surface area contributed by atoms with Gasteiger partial charge in [0.05, 0.1) is 23.8 Å². The fraction of sp³-hybridized carbons (Fsp3) is 0.318. The topological polar surface area (TPSA) is 66.9 Å². The van der Waals surface area contributed by atoms with Crippen LogP contribution in [0.15, 0.2) is 42.5 Å². The summed E-state index contributed by atoms with van der Waals surface area (Å²) < 4.78 is 19.4. The Morgan fingerprint density at radius 2 is 1.93 bits per heavy atom. The lowest BCUT2D eigenvalue weighted by Crippen LogP contribution is -2.36. The van der Waals surface area contributed by atoms with Crippen molar-refractivity contribution in [2.75, 3.05) is 20.2 Å². The SMILES string of the molecule is CN(Cc1ccccc1F)C(=O)c1ccc2c(c1)C(=O)N(CC1CCCO1)C2=O. The van der Waals surface area contributed by atoms with E-state index in [1.165, 1.54) is 34.1 Å². The highest BCUT2D eigenvalue weighted by Gasteiger charge is 2.38. The number of benzene rings is 2. The average molecular weight is 396 g/mol. The van der Waals surface area contributed by atoms with Crippen molar-refractivity contribution < 1.29 is 23.5 Å². The van der Waals surface area contributed by atoms with Gasteiger partial charge in [-0.05, 0) is 37.1 Å². The molecule has 2 aliphatic heterocycles. The van der Waals surface area contributed by atoms with E-state index in [1.54, 1.807) is 25.2 Å². The van der Waals surface area contributed by atoms with Crippen LogP contribution in [-0.2, 0) is 11.3 Å². The third kappa shape index (κ3) is 3.65. The Hall–Kier alpha value is -3.06. The van der Waals surface area contributed by atoms with E-state index in [-0.39, 0.29) is 48.0 Å². The van der Waals surface area contributed by atoms with Gasteiger partial charge in [0.15, 0.2) is 0 Å². The maximum Gasteiger partial charge on any atom is 0.261 e. The number of imide groups is 1. The predicted molar refractivity (Wildman–Crippen MR) is 103 cm³/mol. The summed E-state index contributed by atoms with van der Waals surface area (Å²) in [6.07, 6.45) is 1.60. The molecule has 1 fully saturated rings. The molecule has 1 atom stereocenters. The number of rotatable bonds is 5. The second-order valence-electron chi connectivity index (χ2n) is 7.37. The first-order chi connectivity index (χ1) is 14.0. The molecule has 0 saturated carbocycles. The zero-order valence-corrected chi connectivity index (χ0v) is 16.1. The summed E-state index contributed by atoms with van der Waals surface area (Å²) in [5.74, 6) is -1.51. The van der Waals surface area contributed by atoms with E-state index in [1.807, 2.05) is 0 Å². The van der Waals surface area contributed by atoms with Crippen LogP contribution in [0.25, 0.3) is 0 Å². The number of amides is 3. The minimum atomic E-state index is -0.410. The molecular weight excluding hydrogens is 375 g/mol. The molecule has 0 aliphatic carbocycles. The molecule has 0 aromatic heterocycles. The third-order valence-corrected chi connectivity index (χ3v) is 5.34. The Morgan fingerprint density at radius 1 is 1.17 bits per heavy atom. The molecule has 0 N–H and O–H groups in total. The summed E-state index contributed by atoms with van der Waals surface area (Å²) >= 11 is 0. The monoisotopic (exact) mass is 396 g/mol. The first kappa shape index (κ1) is 19.3. The smallest absolute Gasteiger partial charge is 0.261 e. The molecule has 150 valence electrons. The van der Waals surface area contributed by atoms with Gasteiger partial charge < -0.3 is 9.64 Å². The Labute approximate surface area is 167 Å². The molecule has 0 radical (unpaired) electrons. The van der Waals surface area contributed by atoms with Crippen LogP contribution >= 0.6 is 0 Å². The van der Waals surface area contributed by atoms with Gasteiger partial charge in [-0.15, -0.1) is 0 Å². The fourth-order valence-electron chi connectivity index (χ4n) is 3.76. The molecular formula is C22H21FN2O4. The van der Waals surface area contributed by atoms with Crippen molar-refractivity contribution in [2.45, 2.75) is 25.5 Å². The molecule has 7 heteroatoms. The zero-order valence-electron chi connectivity index (χ0n) is 16.1. The van der Waals surface area contributed by atoms with Crippen molar-refractivity contribution in [3.8, 4) is 0 Å². The largest absolute Gasteiger partial charge is 0.376 e. The van der Waals surface area contributed by atoms with Gasteiger partial charge in [0.1, 0.15) is 5.82 Å². The van der Waals surface area contributed by atoms with E-state index in [9.17, 15) is 18.8 Å². The molecule has 0 bridgehead atoms. The van der Waals surface area contributed by atoms with Crippen LogP contribution in [0, 0.1) is 5.82 Å². The highest BCUT2D eigenvalue weighted by Crippen LogP contribution is 2.26. The lowest BCUT2D eigenvalue weighted by atomic mass is 10.0. The quantitative estimate of drug-likeness (QED) is 0.729. The molecule has 2 aromatic carbocycles. The van der Waals surface area contributed by atoms with Crippen LogP contribution in [0.5, 0.6) is 0 Å². The molecule has 2 aliphatic rings. The third-order valence-electron chi connectivity index (χ3n) is 5.34. The van der Waals surface area contributed by atoms with Crippen LogP contribution < -0.4 is 0 Å². The standard InChI is InChI=1S/C22H21FN2O4/c1-24(12-15-5-2-3-7-19(15)23)20(26)14-8-9-17-18(11-14)22(28)25(21(17)27)13-16-6-4-10-29-16/h2-3,5,7-9,11,16H,4,6,10,12-13H2,1H3. The number of carbonyl (C=O) groups excluding carboxylic acids is 3. The van der Waals surface area contributed by atoms with E-state index < -0.39 is 5.91 Å². The van der Waals surface area contributed by atoms with Gasteiger partial charge in [0, 0.05) is 31.3 Å². The van der Waals surface area contributed by atoms with Gasteiger partial charge in [0.2, 0.25) is 0 Å². The van der Waals surface area contributed by atoms with Gasteiger partial charge in [-0.3, -0.25) is 19.3 Å². The first-order valence-electron chi connectivity index (χ1n) is 9.56. The maximum absolute atomic E-state index is 13.9. The Morgan fingerprint density at radius 3 is 2.66 bits per heavy atom. The van der Waals surface area contributed by atoms with Crippen molar-refractivity contribution in [1.82, 2.24) is 9.80 Å². The summed E-state index contributed by atoms with van der Waals surface area (Å²) in [4.78, 5) is 40.7. The van der Waals surface area contributed by atoms with E-state index in [0.29, 0.717) is 17.7 Å². The van der Waals surface area contributed by atoms with Gasteiger partial charge in [0.25, 0.3) is 17.7 Å². The van der Waals surface area contributed by atoms with E-state index in [2.05, 4.69) is 0 Å². The molecule has 29 heavy (non-hydrogen) atoms. The van der Waals surface area contributed by atoms with Crippen molar-refractivity contribution >= 4 is 17.7 Å². The number of fused-ring (bicyclic) bond motifs is 1. The summed E-state index contributed by atoms with van der Waals surface area (Å²) in [6, 6.07) is 10.7. The zero-order chi connectivity index (χ0) is 20.5. The molecule has 3 amide bonds.